The van der Waals surface area contributed by atoms with E-state index < -0.39 is 12.1 Å². The van der Waals surface area contributed by atoms with Crippen LogP contribution < -0.4 is 10.2 Å². The van der Waals surface area contributed by atoms with Crippen LogP contribution in [0.4, 0.5) is 5.69 Å². The molecule has 134 valence electrons. The summed E-state index contributed by atoms with van der Waals surface area (Å²) in [6, 6.07) is 13.5. The molecule has 2 N–H and O–H groups in total. The highest BCUT2D eigenvalue weighted by molar-refractivity contribution is 6.02. The summed E-state index contributed by atoms with van der Waals surface area (Å²) in [5, 5.41) is 11.7. The summed E-state index contributed by atoms with van der Waals surface area (Å²) < 4.78 is 0. The number of rotatable bonds is 4. The third kappa shape index (κ3) is 2.99. The van der Waals surface area contributed by atoms with Crippen molar-refractivity contribution >= 4 is 23.5 Å². The van der Waals surface area contributed by atoms with E-state index in [1.54, 1.807) is 43.3 Å². The molecule has 0 fully saturated rings. The standard InChI is InChI=1S/C19H19N3O4/c1-20-16(23)11-22-15-6-4-3-5-14(15)18(24)21(2)17(22)12-7-9-13(10-8-12)19(25)26/h3-10,17H,11H2,1-2H3,(H,20,23)(H,25,26). The third-order valence-electron chi connectivity index (χ3n) is 4.47. The number of carboxylic acid groups (broad SMARTS) is 1. The number of anilines is 1. The largest absolute Gasteiger partial charge is 0.478 e. The van der Waals surface area contributed by atoms with Gasteiger partial charge >= 0.3 is 5.97 Å². The van der Waals surface area contributed by atoms with E-state index in [4.69, 9.17) is 5.11 Å². The minimum Gasteiger partial charge on any atom is -0.478 e. The van der Waals surface area contributed by atoms with E-state index in [-0.39, 0.29) is 23.9 Å². The maximum atomic E-state index is 12.8. The number of benzene rings is 2. The van der Waals surface area contributed by atoms with Crippen LogP contribution in [0.25, 0.3) is 0 Å². The van der Waals surface area contributed by atoms with E-state index in [9.17, 15) is 14.4 Å². The zero-order chi connectivity index (χ0) is 18.8. The van der Waals surface area contributed by atoms with Gasteiger partial charge in [0.05, 0.1) is 23.4 Å². The smallest absolute Gasteiger partial charge is 0.335 e. The number of carbonyl (C=O) groups is 3. The molecule has 2 amide bonds. The number of nitrogens with one attached hydrogen (secondary N) is 1. The van der Waals surface area contributed by atoms with Crippen molar-refractivity contribution in [2.75, 3.05) is 25.5 Å². The van der Waals surface area contributed by atoms with Gasteiger partial charge in [0, 0.05) is 14.1 Å². The second kappa shape index (κ2) is 6.87. The predicted molar refractivity (Wildman–Crippen MR) is 96.1 cm³/mol. The van der Waals surface area contributed by atoms with Gasteiger partial charge in [-0.05, 0) is 29.8 Å². The second-order valence-corrected chi connectivity index (χ2v) is 6.04. The summed E-state index contributed by atoms with van der Waals surface area (Å²) in [4.78, 5) is 39.3. The predicted octanol–water partition coefficient (Wildman–Crippen LogP) is 1.72. The average molecular weight is 353 g/mol. The number of fused-ring (bicyclic) bond motifs is 1. The molecule has 1 atom stereocenters. The summed E-state index contributed by atoms with van der Waals surface area (Å²) in [7, 11) is 3.23. The minimum absolute atomic E-state index is 0.0660. The first-order chi connectivity index (χ1) is 12.4. The molecule has 0 radical (unpaired) electrons. The molecule has 0 spiro atoms. The monoisotopic (exact) mass is 353 g/mol. The van der Waals surface area contributed by atoms with Crippen LogP contribution >= 0.6 is 0 Å². The molecule has 2 aromatic rings. The number of carbonyl (C=O) groups excluding carboxylic acids is 2. The van der Waals surface area contributed by atoms with Crippen LogP contribution in [0.15, 0.2) is 48.5 Å². The van der Waals surface area contributed by atoms with Crippen LogP contribution in [0, 0.1) is 0 Å². The minimum atomic E-state index is -1.02. The Kier molecular flexibility index (Phi) is 4.62. The molecule has 1 unspecified atom stereocenters. The summed E-state index contributed by atoms with van der Waals surface area (Å²) in [5.41, 5.74) is 2.09. The van der Waals surface area contributed by atoms with Crippen molar-refractivity contribution in [1.82, 2.24) is 10.2 Å². The highest BCUT2D eigenvalue weighted by Gasteiger charge is 2.37. The molecule has 0 bridgehead atoms. The highest BCUT2D eigenvalue weighted by atomic mass is 16.4. The molecule has 1 heterocycles. The lowest BCUT2D eigenvalue weighted by atomic mass is 10.0. The first-order valence-corrected chi connectivity index (χ1v) is 8.10. The molecule has 7 nitrogen and oxygen atoms in total. The van der Waals surface area contributed by atoms with E-state index in [2.05, 4.69) is 5.32 Å². The van der Waals surface area contributed by atoms with Crippen molar-refractivity contribution < 1.29 is 19.5 Å². The van der Waals surface area contributed by atoms with E-state index in [0.29, 0.717) is 11.3 Å². The Morgan fingerprint density at radius 1 is 1.12 bits per heavy atom. The van der Waals surface area contributed by atoms with E-state index in [0.717, 1.165) is 5.56 Å². The number of hydrogen-bond acceptors (Lipinski definition) is 4. The Morgan fingerprint density at radius 2 is 1.77 bits per heavy atom. The Morgan fingerprint density at radius 3 is 2.38 bits per heavy atom. The molecule has 7 heteroatoms. The van der Waals surface area contributed by atoms with Crippen molar-refractivity contribution in [1.29, 1.82) is 0 Å². The third-order valence-corrected chi connectivity index (χ3v) is 4.47. The number of aromatic carboxylic acids is 1. The molecule has 3 rings (SSSR count). The highest BCUT2D eigenvalue weighted by Crippen LogP contribution is 2.37. The van der Waals surface area contributed by atoms with Gasteiger partial charge in [0.25, 0.3) is 5.91 Å². The van der Waals surface area contributed by atoms with Crippen LogP contribution in [0.5, 0.6) is 0 Å². The summed E-state index contributed by atoms with van der Waals surface area (Å²) in [6.07, 6.45) is -0.516. The molecule has 2 aromatic carbocycles. The van der Waals surface area contributed by atoms with Gasteiger partial charge < -0.3 is 20.2 Å². The van der Waals surface area contributed by atoms with Crippen molar-refractivity contribution in [2.24, 2.45) is 0 Å². The topological polar surface area (TPSA) is 90.0 Å². The lowest BCUT2D eigenvalue weighted by Crippen LogP contribution is -2.50. The number of likely N-dealkylation sites (N-methyl/N-ethyl adjacent to an activating group) is 1. The van der Waals surface area contributed by atoms with E-state index in [1.165, 1.54) is 12.1 Å². The molecule has 0 aromatic heterocycles. The molecule has 1 aliphatic heterocycles. The van der Waals surface area contributed by atoms with Crippen molar-refractivity contribution in [3.63, 3.8) is 0 Å². The van der Waals surface area contributed by atoms with Gasteiger partial charge in [0.1, 0.15) is 6.17 Å². The summed E-state index contributed by atoms with van der Waals surface area (Å²) in [6.45, 7) is 0.0660. The van der Waals surface area contributed by atoms with E-state index in [1.807, 2.05) is 17.0 Å². The number of amides is 2. The van der Waals surface area contributed by atoms with Crippen LogP contribution in [0.3, 0.4) is 0 Å². The van der Waals surface area contributed by atoms with Gasteiger partial charge in [0.2, 0.25) is 5.91 Å². The molecular formula is C19H19N3O4. The number of nitrogens with zero attached hydrogens (tertiary/aromatic N) is 2. The van der Waals surface area contributed by atoms with Gasteiger partial charge in [-0.25, -0.2) is 4.79 Å². The molecular weight excluding hydrogens is 334 g/mol. The van der Waals surface area contributed by atoms with Crippen LogP contribution in [-0.4, -0.2) is 48.4 Å². The maximum absolute atomic E-state index is 12.8. The Bertz CT molecular complexity index is 863. The second-order valence-electron chi connectivity index (χ2n) is 6.04. The van der Waals surface area contributed by atoms with Gasteiger partial charge in [-0.15, -0.1) is 0 Å². The molecule has 0 aliphatic carbocycles. The number of hydrogen-bond donors (Lipinski definition) is 2. The summed E-state index contributed by atoms with van der Waals surface area (Å²) >= 11 is 0. The fraction of sp³-hybridized carbons (Fsp3) is 0.211. The Balaban J connectivity index is 2.09. The fourth-order valence-electron chi connectivity index (χ4n) is 3.15. The summed E-state index contributed by atoms with van der Waals surface area (Å²) in [5.74, 6) is -1.35. The quantitative estimate of drug-likeness (QED) is 0.874. The molecule has 0 saturated heterocycles. The Labute approximate surface area is 150 Å². The average Bonchev–Trinajstić information content (AvgIpc) is 2.66. The zero-order valence-corrected chi connectivity index (χ0v) is 14.5. The maximum Gasteiger partial charge on any atom is 0.335 e. The fourth-order valence-corrected chi connectivity index (χ4v) is 3.15. The lowest BCUT2D eigenvalue weighted by molar-refractivity contribution is -0.119. The Hall–Kier alpha value is -3.35. The molecule has 0 saturated carbocycles. The SMILES string of the molecule is CNC(=O)CN1c2ccccc2C(=O)N(C)C1c1ccc(C(=O)O)cc1. The van der Waals surface area contributed by atoms with Crippen molar-refractivity contribution in [3.8, 4) is 0 Å². The molecule has 1 aliphatic rings. The van der Waals surface area contributed by atoms with Gasteiger partial charge in [-0.2, -0.15) is 0 Å². The normalized spacial score (nSPS) is 16.2. The number of carboxylic acids is 1. The van der Waals surface area contributed by atoms with Crippen LogP contribution in [0.1, 0.15) is 32.4 Å². The first kappa shape index (κ1) is 17.5. The van der Waals surface area contributed by atoms with Crippen molar-refractivity contribution in [2.45, 2.75) is 6.17 Å². The van der Waals surface area contributed by atoms with E-state index >= 15 is 0 Å². The van der Waals surface area contributed by atoms with Gasteiger partial charge in [-0.3, -0.25) is 9.59 Å². The van der Waals surface area contributed by atoms with Gasteiger partial charge in [-0.1, -0.05) is 24.3 Å². The van der Waals surface area contributed by atoms with Crippen molar-refractivity contribution in [3.05, 3.63) is 65.2 Å². The lowest BCUT2D eigenvalue weighted by Gasteiger charge is -2.43. The van der Waals surface area contributed by atoms with Crippen LogP contribution in [-0.2, 0) is 4.79 Å². The first-order valence-electron chi connectivity index (χ1n) is 8.10. The van der Waals surface area contributed by atoms with Gasteiger partial charge in [0.15, 0.2) is 0 Å². The zero-order valence-electron chi connectivity index (χ0n) is 14.5. The number of para-hydroxylation sites is 1. The van der Waals surface area contributed by atoms with Crippen LogP contribution in [0.2, 0.25) is 0 Å². The molecule has 26 heavy (non-hydrogen) atoms.